The summed E-state index contributed by atoms with van der Waals surface area (Å²) in [4.78, 5) is 4.22. The molecule has 0 spiro atoms. The summed E-state index contributed by atoms with van der Waals surface area (Å²) in [5.74, 6) is 1.68. The van der Waals surface area contributed by atoms with Gasteiger partial charge in [-0.3, -0.25) is 5.41 Å². The highest BCUT2D eigenvalue weighted by Crippen LogP contribution is 2.32. The molecule has 0 saturated heterocycles. The van der Waals surface area contributed by atoms with Crippen molar-refractivity contribution >= 4 is 22.8 Å². The molecule has 4 rings (SSSR count). The Morgan fingerprint density at radius 2 is 1.81 bits per heavy atom. The van der Waals surface area contributed by atoms with Gasteiger partial charge in [0.1, 0.15) is 11.9 Å². The molecule has 2 aromatic carbocycles. The Bertz CT molecular complexity index is 1310. The van der Waals surface area contributed by atoms with Crippen LogP contribution < -0.4 is 15.4 Å². The minimum absolute atomic E-state index is 0.108. The van der Waals surface area contributed by atoms with Crippen LogP contribution in [0.25, 0.3) is 0 Å². The van der Waals surface area contributed by atoms with Crippen molar-refractivity contribution in [2.75, 3.05) is 18.9 Å². The van der Waals surface area contributed by atoms with E-state index in [0.29, 0.717) is 28.7 Å². The molecule has 3 N–H and O–H groups in total. The van der Waals surface area contributed by atoms with Crippen LogP contribution >= 0.6 is 0 Å². The van der Waals surface area contributed by atoms with Crippen molar-refractivity contribution in [3.63, 3.8) is 0 Å². The van der Waals surface area contributed by atoms with E-state index in [0.717, 1.165) is 35.7 Å². The van der Waals surface area contributed by atoms with Crippen molar-refractivity contribution < 1.29 is 9.26 Å². The third kappa shape index (κ3) is 5.92. The van der Waals surface area contributed by atoms with Gasteiger partial charge >= 0.3 is 0 Å². The lowest BCUT2D eigenvalue weighted by Gasteiger charge is -2.23. The second-order valence-corrected chi connectivity index (χ2v) is 8.54. The predicted octanol–water partition coefficient (Wildman–Crippen LogP) is 4.89. The summed E-state index contributed by atoms with van der Waals surface area (Å²) in [6.45, 7) is 6.33. The molecular formula is C27H31N7O2. The number of rotatable bonds is 10. The van der Waals surface area contributed by atoms with Crippen LogP contribution in [0.1, 0.15) is 43.7 Å². The molecule has 1 aliphatic heterocycles. The molecular weight excluding hydrogens is 454 g/mol. The Balaban J connectivity index is 1.58. The third-order valence-electron chi connectivity index (χ3n) is 5.80. The van der Waals surface area contributed by atoms with Crippen LogP contribution in [0.3, 0.4) is 0 Å². The Kier molecular flexibility index (Phi) is 8.02. The number of nitrogens with zero attached hydrogens (tertiary/aromatic N) is 4. The summed E-state index contributed by atoms with van der Waals surface area (Å²) in [6, 6.07) is 18.0. The van der Waals surface area contributed by atoms with Crippen LogP contribution in [-0.2, 0) is 6.42 Å². The molecule has 1 atom stereocenters. The van der Waals surface area contributed by atoms with Gasteiger partial charge in [-0.15, -0.1) is 0 Å². The molecule has 9 heteroatoms. The van der Waals surface area contributed by atoms with Crippen LogP contribution in [0.4, 0.5) is 5.69 Å². The Morgan fingerprint density at radius 3 is 2.53 bits per heavy atom. The molecule has 0 saturated carbocycles. The van der Waals surface area contributed by atoms with Crippen LogP contribution in [-0.4, -0.2) is 40.9 Å². The number of allylic oxidation sites excluding steroid dienone is 2. The highest BCUT2D eigenvalue weighted by molar-refractivity contribution is 6.54. The minimum Gasteiger partial charge on any atom is -0.484 e. The molecule has 3 aromatic rings. The van der Waals surface area contributed by atoms with E-state index in [1.807, 2.05) is 63.4 Å². The van der Waals surface area contributed by atoms with Gasteiger partial charge in [-0.1, -0.05) is 47.6 Å². The minimum atomic E-state index is -0.108. The van der Waals surface area contributed by atoms with E-state index in [2.05, 4.69) is 43.1 Å². The first-order valence-corrected chi connectivity index (χ1v) is 11.9. The zero-order chi connectivity index (χ0) is 25.5. The molecule has 186 valence electrons. The van der Waals surface area contributed by atoms with E-state index in [9.17, 15) is 0 Å². The smallest absolute Gasteiger partial charge is 0.223 e. The van der Waals surface area contributed by atoms with Gasteiger partial charge in [0, 0.05) is 24.6 Å². The fourth-order valence-electron chi connectivity index (χ4n) is 4.03. The number of hydrogen-bond donors (Lipinski definition) is 3. The monoisotopic (exact) mass is 485 g/mol. The quantitative estimate of drug-likeness (QED) is 0.376. The summed E-state index contributed by atoms with van der Waals surface area (Å²) < 4.78 is 11.6. The van der Waals surface area contributed by atoms with Crippen LogP contribution in [0.15, 0.2) is 80.6 Å². The largest absolute Gasteiger partial charge is 0.484 e. The van der Waals surface area contributed by atoms with Crippen LogP contribution in [0.5, 0.6) is 5.75 Å². The zero-order valence-corrected chi connectivity index (χ0v) is 21.0. The average Bonchev–Trinajstić information content (AvgIpc) is 3.29. The summed E-state index contributed by atoms with van der Waals surface area (Å²) >= 11 is 0. The van der Waals surface area contributed by atoms with E-state index in [4.69, 9.17) is 14.7 Å². The normalized spacial score (nSPS) is 15.7. The third-order valence-corrected chi connectivity index (χ3v) is 5.80. The molecule has 0 amide bonds. The van der Waals surface area contributed by atoms with E-state index in [1.54, 1.807) is 6.92 Å². The van der Waals surface area contributed by atoms with Crippen molar-refractivity contribution in [3.05, 3.63) is 83.1 Å². The lowest BCUT2D eigenvalue weighted by Crippen LogP contribution is -2.27. The first-order valence-electron chi connectivity index (χ1n) is 11.9. The number of ether oxygens (including phenoxy) is 1. The molecule has 1 aromatic heterocycles. The van der Waals surface area contributed by atoms with Gasteiger partial charge in [0.2, 0.25) is 5.89 Å². The summed E-state index contributed by atoms with van der Waals surface area (Å²) in [5, 5.41) is 27.9. The van der Waals surface area contributed by atoms with Crippen molar-refractivity contribution in [2.24, 2.45) is 10.2 Å². The molecule has 9 nitrogen and oxygen atoms in total. The predicted molar refractivity (Wildman–Crippen MR) is 142 cm³/mol. The molecule has 0 fully saturated rings. The van der Waals surface area contributed by atoms with Crippen LogP contribution in [0.2, 0.25) is 0 Å². The Morgan fingerprint density at radius 1 is 1.06 bits per heavy atom. The number of hydrogen-bond acceptors (Lipinski definition) is 9. The average molecular weight is 486 g/mol. The number of para-hydroxylation sites is 2. The van der Waals surface area contributed by atoms with E-state index in [-0.39, 0.29) is 18.2 Å². The van der Waals surface area contributed by atoms with E-state index in [1.165, 1.54) is 0 Å². The van der Waals surface area contributed by atoms with E-state index < -0.39 is 0 Å². The maximum Gasteiger partial charge on any atom is 0.223 e. The topological polar surface area (TPSA) is 121 Å². The van der Waals surface area contributed by atoms with Crippen molar-refractivity contribution in [1.29, 1.82) is 5.41 Å². The first kappa shape index (κ1) is 25.0. The van der Waals surface area contributed by atoms with Gasteiger partial charge in [0.05, 0.1) is 29.2 Å². The fourth-order valence-corrected chi connectivity index (χ4v) is 4.03. The SMILES string of the molecule is CNCCC(Oc1ccccc1N/C(C)=C1\C(=N)C(Cc2noc(C)n2)=NN=C1C)c1ccccc1. The van der Waals surface area contributed by atoms with Crippen LogP contribution in [0, 0.1) is 12.3 Å². The van der Waals surface area contributed by atoms with Gasteiger partial charge in [-0.2, -0.15) is 15.2 Å². The van der Waals surface area contributed by atoms with E-state index >= 15 is 0 Å². The fraction of sp³-hybridized carbons (Fsp3) is 0.296. The van der Waals surface area contributed by atoms with Gasteiger partial charge in [0.15, 0.2) is 5.82 Å². The lowest BCUT2D eigenvalue weighted by atomic mass is 9.97. The maximum absolute atomic E-state index is 8.81. The molecule has 2 heterocycles. The Labute approximate surface area is 210 Å². The number of aromatic nitrogens is 2. The molecule has 0 radical (unpaired) electrons. The number of aryl methyl sites for hydroxylation is 1. The van der Waals surface area contributed by atoms with Crippen molar-refractivity contribution in [2.45, 2.75) is 39.7 Å². The second-order valence-electron chi connectivity index (χ2n) is 8.54. The molecule has 1 unspecified atom stereocenters. The summed E-state index contributed by atoms with van der Waals surface area (Å²) in [6.07, 6.45) is 0.983. The van der Waals surface area contributed by atoms with Gasteiger partial charge in [0.25, 0.3) is 0 Å². The Hall–Kier alpha value is -4.11. The van der Waals surface area contributed by atoms with Crippen molar-refractivity contribution in [1.82, 2.24) is 15.5 Å². The second kappa shape index (κ2) is 11.5. The first-order chi connectivity index (χ1) is 17.5. The standard InChI is InChI=1S/C27H31N7O2/c1-17(26-18(2)32-33-22(27(26)28)16-25-31-19(3)36-34-25)30-21-12-8-9-13-24(21)35-23(14-15-29-4)20-10-6-5-7-11-20/h5-13,23,28-30H,14-16H2,1-4H3/b26-17-,28-27?. The zero-order valence-electron chi connectivity index (χ0n) is 21.0. The highest BCUT2D eigenvalue weighted by Gasteiger charge is 2.24. The lowest BCUT2D eigenvalue weighted by molar-refractivity contribution is 0.196. The summed E-state index contributed by atoms with van der Waals surface area (Å²) in [7, 11) is 1.94. The molecule has 0 aliphatic carbocycles. The molecule has 1 aliphatic rings. The number of anilines is 1. The van der Waals surface area contributed by atoms with Gasteiger partial charge in [-0.25, -0.2) is 0 Å². The molecule has 36 heavy (non-hydrogen) atoms. The van der Waals surface area contributed by atoms with Gasteiger partial charge in [-0.05, 0) is 45.1 Å². The number of nitrogens with one attached hydrogen (secondary N) is 3. The highest BCUT2D eigenvalue weighted by atomic mass is 16.5. The maximum atomic E-state index is 8.81. The number of benzene rings is 2. The van der Waals surface area contributed by atoms with Gasteiger partial charge < -0.3 is 19.9 Å². The summed E-state index contributed by atoms with van der Waals surface area (Å²) in [5.41, 5.74) is 4.82. The molecule has 0 bridgehead atoms. The van der Waals surface area contributed by atoms with Crippen molar-refractivity contribution in [3.8, 4) is 5.75 Å².